The third-order valence-corrected chi connectivity index (χ3v) is 7.74. The molecule has 0 saturated carbocycles. The summed E-state index contributed by atoms with van der Waals surface area (Å²) in [5, 5.41) is 11.2. The van der Waals surface area contributed by atoms with Crippen molar-refractivity contribution in [3.63, 3.8) is 0 Å². The van der Waals surface area contributed by atoms with Crippen LogP contribution in [0, 0.1) is 10.8 Å². The highest BCUT2D eigenvalue weighted by molar-refractivity contribution is 6.03. The lowest BCUT2D eigenvalue weighted by Gasteiger charge is -2.50. The first-order valence-corrected chi connectivity index (χ1v) is 11.4. The molecule has 0 amide bonds. The van der Waals surface area contributed by atoms with Crippen molar-refractivity contribution in [2.45, 2.75) is 52.6 Å². The number of carbonyl (C=O) groups is 2. The molecule has 5 nitrogen and oxygen atoms in total. The Bertz CT molecular complexity index is 1020. The molecule has 32 heavy (non-hydrogen) atoms. The van der Waals surface area contributed by atoms with E-state index in [-0.39, 0.29) is 17.2 Å². The number of hydrogen-bond donors (Lipinski definition) is 1. The van der Waals surface area contributed by atoms with E-state index >= 15 is 0 Å². The monoisotopic (exact) mass is 435 g/mol. The Labute approximate surface area is 190 Å². The molecular formula is C27H33NO4. The molecule has 1 atom stereocenters. The predicted molar refractivity (Wildman–Crippen MR) is 124 cm³/mol. The van der Waals surface area contributed by atoms with Crippen LogP contribution < -0.4 is 4.74 Å². The number of likely N-dealkylation sites (tertiary alicyclic amines) is 1. The molecule has 4 rings (SSSR count). The van der Waals surface area contributed by atoms with Gasteiger partial charge in [-0.3, -0.25) is 9.59 Å². The third kappa shape index (κ3) is 4.00. The Morgan fingerprint density at radius 2 is 1.72 bits per heavy atom. The summed E-state index contributed by atoms with van der Waals surface area (Å²) in [5.41, 5.74) is 1.01. The van der Waals surface area contributed by atoms with Crippen molar-refractivity contribution in [3.05, 3.63) is 65.2 Å². The number of nitrogens with zero attached hydrogens (tertiary/aromatic N) is 1. The van der Waals surface area contributed by atoms with Crippen LogP contribution in [-0.4, -0.2) is 41.4 Å². The molecule has 2 aromatic rings. The smallest absolute Gasteiger partial charge is 0.308 e. The van der Waals surface area contributed by atoms with Gasteiger partial charge in [0.1, 0.15) is 5.75 Å². The Morgan fingerprint density at radius 3 is 2.34 bits per heavy atom. The zero-order valence-electron chi connectivity index (χ0n) is 19.5. The van der Waals surface area contributed by atoms with Crippen molar-refractivity contribution < 1.29 is 19.4 Å². The van der Waals surface area contributed by atoms with Crippen LogP contribution in [0.5, 0.6) is 5.75 Å². The van der Waals surface area contributed by atoms with E-state index in [2.05, 4.69) is 25.7 Å². The molecule has 2 aromatic carbocycles. The zero-order chi connectivity index (χ0) is 23.1. The number of Topliss-reactive ketones (excluding diaryl/α,β-unsaturated/α-hetero) is 1. The van der Waals surface area contributed by atoms with Crippen molar-refractivity contribution in [2.24, 2.45) is 10.8 Å². The topological polar surface area (TPSA) is 66.8 Å². The summed E-state index contributed by atoms with van der Waals surface area (Å²) >= 11 is 0. The number of ketones is 1. The fourth-order valence-corrected chi connectivity index (χ4v) is 5.29. The van der Waals surface area contributed by atoms with Gasteiger partial charge in [0.15, 0.2) is 5.78 Å². The third-order valence-electron chi connectivity index (χ3n) is 7.74. The van der Waals surface area contributed by atoms with Crippen LogP contribution in [0.4, 0.5) is 0 Å². The van der Waals surface area contributed by atoms with Gasteiger partial charge >= 0.3 is 5.97 Å². The summed E-state index contributed by atoms with van der Waals surface area (Å²) < 4.78 is 5.23. The maximum Gasteiger partial charge on any atom is 0.308 e. The largest absolute Gasteiger partial charge is 0.427 e. The molecule has 1 heterocycles. The fraction of sp³-hybridized carbons (Fsp3) is 0.481. The maximum absolute atomic E-state index is 13.7. The Balaban J connectivity index is 1.52. The van der Waals surface area contributed by atoms with E-state index in [4.69, 9.17) is 4.74 Å². The first kappa shape index (κ1) is 22.7. The van der Waals surface area contributed by atoms with Crippen LogP contribution in [-0.2, 0) is 16.8 Å². The maximum atomic E-state index is 13.7. The lowest BCUT2D eigenvalue weighted by atomic mass is 9.56. The van der Waals surface area contributed by atoms with E-state index in [0.29, 0.717) is 25.1 Å². The molecule has 0 spiro atoms. The molecular weight excluding hydrogens is 402 g/mol. The van der Waals surface area contributed by atoms with Gasteiger partial charge in [-0.05, 0) is 54.0 Å². The summed E-state index contributed by atoms with van der Waals surface area (Å²) in [5.74, 6) is 0.262. The molecule has 1 saturated heterocycles. The number of esters is 1. The standard InChI is InChI=1S/C27H33NO4/c1-19(29)32-22-10-11-23-20(16-22)17-25(2,3)26(4,24(23)30)18-28-14-12-27(31,13-15-28)21-8-6-5-7-9-21/h5-11,16,31H,12-15,17-18H2,1-4H3. The summed E-state index contributed by atoms with van der Waals surface area (Å²) in [6, 6.07) is 15.2. The Kier molecular flexibility index (Phi) is 5.76. The summed E-state index contributed by atoms with van der Waals surface area (Å²) in [4.78, 5) is 27.4. The van der Waals surface area contributed by atoms with Gasteiger partial charge in [-0.15, -0.1) is 0 Å². The van der Waals surface area contributed by atoms with Crippen molar-refractivity contribution >= 4 is 11.8 Å². The number of rotatable bonds is 4. The van der Waals surface area contributed by atoms with Gasteiger partial charge in [0, 0.05) is 37.5 Å². The van der Waals surface area contributed by atoms with E-state index in [1.807, 2.05) is 36.4 Å². The van der Waals surface area contributed by atoms with Gasteiger partial charge in [0.2, 0.25) is 0 Å². The fourth-order valence-electron chi connectivity index (χ4n) is 5.29. The lowest BCUT2D eigenvalue weighted by Crippen LogP contribution is -2.55. The number of piperidine rings is 1. The molecule has 1 unspecified atom stereocenters. The van der Waals surface area contributed by atoms with Crippen LogP contribution in [0.15, 0.2) is 48.5 Å². The summed E-state index contributed by atoms with van der Waals surface area (Å²) in [7, 11) is 0. The SMILES string of the molecule is CC(=O)Oc1ccc2c(c1)CC(C)(C)C(C)(CN1CCC(O)(c3ccccc3)CC1)C2=O. The van der Waals surface area contributed by atoms with E-state index in [0.717, 1.165) is 36.2 Å². The second kappa shape index (κ2) is 8.13. The minimum atomic E-state index is -0.801. The van der Waals surface area contributed by atoms with E-state index in [9.17, 15) is 14.7 Å². The van der Waals surface area contributed by atoms with Gasteiger partial charge in [-0.25, -0.2) is 0 Å². The molecule has 1 N–H and O–H groups in total. The molecule has 1 aliphatic heterocycles. The molecule has 5 heteroatoms. The zero-order valence-corrected chi connectivity index (χ0v) is 19.5. The van der Waals surface area contributed by atoms with E-state index in [1.54, 1.807) is 12.1 Å². The first-order valence-electron chi connectivity index (χ1n) is 11.4. The average Bonchev–Trinajstić information content (AvgIpc) is 2.74. The summed E-state index contributed by atoms with van der Waals surface area (Å²) in [6.07, 6.45) is 2.05. The minimum absolute atomic E-state index is 0.141. The molecule has 0 bridgehead atoms. The van der Waals surface area contributed by atoms with Gasteiger partial charge in [0.25, 0.3) is 0 Å². The van der Waals surface area contributed by atoms with Crippen LogP contribution in [0.1, 0.15) is 62.0 Å². The molecule has 1 aliphatic carbocycles. The quantitative estimate of drug-likeness (QED) is 0.571. The van der Waals surface area contributed by atoms with Crippen LogP contribution in [0.25, 0.3) is 0 Å². The number of hydrogen-bond acceptors (Lipinski definition) is 5. The number of ether oxygens (including phenoxy) is 1. The van der Waals surface area contributed by atoms with Gasteiger partial charge in [0.05, 0.1) is 5.60 Å². The highest BCUT2D eigenvalue weighted by Gasteiger charge is 2.52. The second-order valence-electron chi connectivity index (χ2n) is 10.3. The van der Waals surface area contributed by atoms with Crippen LogP contribution >= 0.6 is 0 Å². The van der Waals surface area contributed by atoms with Crippen LogP contribution in [0.2, 0.25) is 0 Å². The molecule has 2 aliphatic rings. The normalized spacial score (nSPS) is 24.6. The van der Waals surface area contributed by atoms with E-state index in [1.165, 1.54) is 6.92 Å². The first-order chi connectivity index (χ1) is 15.0. The van der Waals surface area contributed by atoms with Gasteiger partial charge in [-0.1, -0.05) is 51.1 Å². The molecule has 0 radical (unpaired) electrons. The number of fused-ring (bicyclic) bond motifs is 1. The highest BCUT2D eigenvalue weighted by Crippen LogP contribution is 2.50. The number of carbonyl (C=O) groups excluding carboxylic acids is 2. The van der Waals surface area contributed by atoms with Crippen molar-refractivity contribution in [1.29, 1.82) is 0 Å². The highest BCUT2D eigenvalue weighted by atomic mass is 16.5. The Hall–Kier alpha value is -2.50. The second-order valence-corrected chi connectivity index (χ2v) is 10.3. The number of aliphatic hydroxyl groups is 1. The molecule has 1 fully saturated rings. The average molecular weight is 436 g/mol. The molecule has 0 aromatic heterocycles. The van der Waals surface area contributed by atoms with Crippen molar-refractivity contribution in [1.82, 2.24) is 4.90 Å². The van der Waals surface area contributed by atoms with Crippen LogP contribution in [0.3, 0.4) is 0 Å². The summed E-state index contributed by atoms with van der Waals surface area (Å²) in [6.45, 7) is 9.92. The van der Waals surface area contributed by atoms with Gasteiger partial charge < -0.3 is 14.7 Å². The van der Waals surface area contributed by atoms with Crippen molar-refractivity contribution in [3.8, 4) is 5.75 Å². The molecule has 170 valence electrons. The minimum Gasteiger partial charge on any atom is -0.427 e. The van der Waals surface area contributed by atoms with E-state index < -0.39 is 11.0 Å². The number of benzene rings is 2. The lowest BCUT2D eigenvalue weighted by molar-refractivity contribution is -0.131. The Morgan fingerprint density at radius 1 is 1.06 bits per heavy atom. The predicted octanol–water partition coefficient (Wildman–Crippen LogP) is 4.37. The van der Waals surface area contributed by atoms with Gasteiger partial charge in [-0.2, -0.15) is 0 Å². The van der Waals surface area contributed by atoms with Crippen molar-refractivity contribution in [2.75, 3.05) is 19.6 Å².